The van der Waals surface area contributed by atoms with Crippen molar-refractivity contribution in [1.82, 2.24) is 0 Å². The Balaban J connectivity index is 1.88. The molecule has 1 aliphatic carbocycles. The average molecular weight is 363 g/mol. The van der Waals surface area contributed by atoms with Crippen molar-refractivity contribution in [3.8, 4) is 0 Å². The second kappa shape index (κ2) is 7.89. The van der Waals surface area contributed by atoms with Crippen LogP contribution in [0.3, 0.4) is 0 Å². The normalized spacial score (nSPS) is 16.3. The Morgan fingerprint density at radius 2 is 1.85 bits per heavy atom. The van der Waals surface area contributed by atoms with E-state index < -0.39 is 5.97 Å². The molecule has 0 aliphatic heterocycles. The Labute approximate surface area is 159 Å². The zero-order valence-electron chi connectivity index (χ0n) is 15.8. The maximum absolute atomic E-state index is 10.9. The molecular weight excluding hydrogens is 338 g/mol. The molecule has 2 N–H and O–H groups in total. The largest absolute Gasteiger partial charge is 0.478 e. The van der Waals surface area contributed by atoms with Gasteiger partial charge < -0.3 is 10.2 Å². The molecule has 2 aromatic rings. The molecule has 0 saturated heterocycles. The number of aromatic carboxylic acids is 1. The lowest BCUT2D eigenvalue weighted by Crippen LogP contribution is -2.24. The lowest BCUT2D eigenvalue weighted by Gasteiger charge is -2.32. The maximum atomic E-state index is 10.9. The molecule has 0 unspecified atom stereocenters. The van der Waals surface area contributed by atoms with Gasteiger partial charge in [-0.25, -0.2) is 4.79 Å². The number of allylic oxidation sites excluding steroid dienone is 1. The summed E-state index contributed by atoms with van der Waals surface area (Å²) in [6, 6.07) is 13.1. The van der Waals surface area contributed by atoms with E-state index in [-0.39, 0.29) is 17.7 Å². The molecule has 3 rings (SSSR count). The van der Waals surface area contributed by atoms with Crippen LogP contribution in [0.25, 0.3) is 6.08 Å². The van der Waals surface area contributed by atoms with Gasteiger partial charge in [0.2, 0.25) is 0 Å². The van der Waals surface area contributed by atoms with Crippen LogP contribution in [0.2, 0.25) is 0 Å². The second-order valence-electron chi connectivity index (χ2n) is 7.55. The van der Waals surface area contributed by atoms with Gasteiger partial charge in [0.1, 0.15) is 6.73 Å². The molecule has 4 heteroatoms. The van der Waals surface area contributed by atoms with Gasteiger partial charge in [0.05, 0.1) is 11.3 Å². The smallest absolute Gasteiger partial charge is 0.335 e. The number of aliphatic hydroxyl groups excluding tert-OH is 1. The van der Waals surface area contributed by atoms with Crippen molar-refractivity contribution in [3.63, 3.8) is 0 Å². The number of aryl methyl sites for hydroxylation is 1. The number of benzene rings is 2. The zero-order valence-corrected chi connectivity index (χ0v) is 15.8. The number of fused-ring (bicyclic) bond motifs is 1. The Morgan fingerprint density at radius 1 is 1.15 bits per heavy atom. The molecule has 0 bridgehead atoms. The molecule has 0 amide bonds. The van der Waals surface area contributed by atoms with Gasteiger partial charge in [0.25, 0.3) is 0 Å². The van der Waals surface area contributed by atoms with Crippen molar-refractivity contribution in [3.05, 3.63) is 76.4 Å². The van der Waals surface area contributed by atoms with Gasteiger partial charge in [-0.05, 0) is 65.6 Å². The van der Waals surface area contributed by atoms with E-state index in [4.69, 9.17) is 5.11 Å². The van der Waals surface area contributed by atoms with Crippen molar-refractivity contribution in [1.29, 1.82) is 0 Å². The predicted octanol–water partition coefficient (Wildman–Crippen LogP) is 4.45. The summed E-state index contributed by atoms with van der Waals surface area (Å²) in [7, 11) is 0. The van der Waals surface area contributed by atoms with Gasteiger partial charge in [0.15, 0.2) is 0 Å². The van der Waals surface area contributed by atoms with Crippen molar-refractivity contribution in [2.75, 3.05) is 6.73 Å². The Morgan fingerprint density at radius 3 is 2.52 bits per heavy atom. The number of carbonyl (C=O) groups is 1. The van der Waals surface area contributed by atoms with Crippen molar-refractivity contribution < 1.29 is 15.0 Å². The minimum absolute atomic E-state index is 0.197. The van der Waals surface area contributed by atoms with E-state index in [1.54, 1.807) is 24.3 Å². The van der Waals surface area contributed by atoms with E-state index in [0.717, 1.165) is 17.5 Å². The van der Waals surface area contributed by atoms with E-state index in [0.29, 0.717) is 5.71 Å². The minimum Gasteiger partial charge on any atom is -0.478 e. The number of aliphatic hydroxyl groups is 1. The van der Waals surface area contributed by atoms with Crippen LogP contribution in [0.4, 0.5) is 0 Å². The zero-order chi connectivity index (χ0) is 19.4. The van der Waals surface area contributed by atoms with E-state index in [1.165, 1.54) is 24.0 Å². The molecule has 4 nitrogen and oxygen atoms in total. The summed E-state index contributed by atoms with van der Waals surface area (Å²) in [4.78, 5) is 15.2. The van der Waals surface area contributed by atoms with E-state index >= 15 is 0 Å². The molecule has 0 radical (unpaired) electrons. The van der Waals surface area contributed by atoms with Crippen LogP contribution in [0.1, 0.15) is 59.3 Å². The molecule has 0 heterocycles. The van der Waals surface area contributed by atoms with E-state index in [9.17, 15) is 9.90 Å². The highest BCUT2D eigenvalue weighted by atomic mass is 16.4. The van der Waals surface area contributed by atoms with E-state index in [2.05, 4.69) is 37.0 Å². The van der Waals surface area contributed by atoms with Gasteiger partial charge in [-0.15, -0.1) is 0 Å². The number of carboxylic acid groups (broad SMARTS) is 1. The summed E-state index contributed by atoms with van der Waals surface area (Å²) in [5.74, 6) is -0.940. The number of hydrogen-bond donors (Lipinski definition) is 2. The fourth-order valence-electron chi connectivity index (χ4n) is 3.70. The SMILES string of the molecule is CC1(C)CCCc2cc(C(/C=C/c3ccc(C(=O)O)cc3)=NCO)ccc21. The van der Waals surface area contributed by atoms with Crippen LogP contribution in [-0.2, 0) is 11.8 Å². The number of hydrogen-bond acceptors (Lipinski definition) is 3. The summed E-state index contributed by atoms with van der Waals surface area (Å²) in [6.45, 7) is 4.29. The average Bonchev–Trinajstić information content (AvgIpc) is 2.65. The summed E-state index contributed by atoms with van der Waals surface area (Å²) >= 11 is 0. The summed E-state index contributed by atoms with van der Waals surface area (Å²) in [6.07, 6.45) is 7.19. The fourth-order valence-corrected chi connectivity index (χ4v) is 3.70. The minimum atomic E-state index is -0.940. The third-order valence-electron chi connectivity index (χ3n) is 5.21. The molecule has 0 aromatic heterocycles. The van der Waals surface area contributed by atoms with Crippen LogP contribution in [-0.4, -0.2) is 28.6 Å². The van der Waals surface area contributed by atoms with Crippen molar-refractivity contribution >= 4 is 17.8 Å². The Kier molecular flexibility index (Phi) is 5.57. The lowest BCUT2D eigenvalue weighted by molar-refractivity contribution is 0.0697. The first-order chi connectivity index (χ1) is 12.9. The Bertz CT molecular complexity index is 892. The van der Waals surface area contributed by atoms with Gasteiger partial charge >= 0.3 is 5.97 Å². The van der Waals surface area contributed by atoms with Crippen LogP contribution in [0.5, 0.6) is 0 Å². The summed E-state index contributed by atoms with van der Waals surface area (Å²) < 4.78 is 0. The second-order valence-corrected chi connectivity index (χ2v) is 7.55. The molecule has 0 fully saturated rings. The number of rotatable bonds is 5. The molecule has 0 saturated carbocycles. The molecule has 2 aromatic carbocycles. The topological polar surface area (TPSA) is 69.9 Å². The third-order valence-corrected chi connectivity index (χ3v) is 5.21. The third kappa shape index (κ3) is 4.34. The van der Waals surface area contributed by atoms with Gasteiger partial charge in [-0.3, -0.25) is 4.99 Å². The molecule has 0 spiro atoms. The van der Waals surface area contributed by atoms with Crippen LogP contribution in [0, 0.1) is 0 Å². The van der Waals surface area contributed by atoms with Crippen LogP contribution >= 0.6 is 0 Å². The lowest BCUT2D eigenvalue weighted by atomic mass is 9.72. The van der Waals surface area contributed by atoms with Crippen molar-refractivity contribution in [2.45, 2.75) is 38.5 Å². The summed E-state index contributed by atoms with van der Waals surface area (Å²) in [5.41, 5.74) is 5.79. The quantitative estimate of drug-likeness (QED) is 0.771. The standard InChI is InChI=1S/C23H25NO3/c1-23(2)13-3-4-18-14-19(10-11-20(18)23)21(24-15-25)12-7-16-5-8-17(9-6-16)22(26)27/h5-12,14,25H,3-4,13,15H2,1-2H3,(H,26,27)/b12-7+,24-21?. The van der Waals surface area contributed by atoms with Gasteiger partial charge in [-0.2, -0.15) is 0 Å². The molecule has 1 aliphatic rings. The predicted molar refractivity (Wildman–Crippen MR) is 108 cm³/mol. The highest BCUT2D eigenvalue weighted by Gasteiger charge is 2.27. The van der Waals surface area contributed by atoms with Crippen LogP contribution < -0.4 is 0 Å². The number of aliphatic imine (C=N–C) groups is 1. The number of carboxylic acids is 1. The number of nitrogens with zero attached hydrogens (tertiary/aromatic N) is 1. The molecular formula is C23H25NO3. The molecule has 27 heavy (non-hydrogen) atoms. The molecule has 140 valence electrons. The van der Waals surface area contributed by atoms with E-state index in [1.807, 2.05) is 12.2 Å². The fraction of sp³-hybridized carbons (Fsp3) is 0.304. The first kappa shape index (κ1) is 19.1. The first-order valence-corrected chi connectivity index (χ1v) is 9.21. The monoisotopic (exact) mass is 363 g/mol. The van der Waals surface area contributed by atoms with Crippen LogP contribution in [0.15, 0.2) is 53.5 Å². The first-order valence-electron chi connectivity index (χ1n) is 9.21. The molecule has 0 atom stereocenters. The van der Waals surface area contributed by atoms with Crippen molar-refractivity contribution in [2.24, 2.45) is 4.99 Å². The van der Waals surface area contributed by atoms with Gasteiger partial charge in [0, 0.05) is 5.56 Å². The maximum Gasteiger partial charge on any atom is 0.335 e. The van der Waals surface area contributed by atoms with Gasteiger partial charge in [-0.1, -0.05) is 44.2 Å². The highest BCUT2D eigenvalue weighted by molar-refractivity contribution is 6.11. The highest BCUT2D eigenvalue weighted by Crippen LogP contribution is 2.37. The summed E-state index contributed by atoms with van der Waals surface area (Å²) in [5, 5.41) is 18.3. The Hall–Kier alpha value is -2.72.